The Morgan fingerprint density at radius 2 is 1.74 bits per heavy atom. The summed E-state index contributed by atoms with van der Waals surface area (Å²) in [6, 6.07) is 7.39. The molecule has 0 aliphatic heterocycles. The molecule has 3 nitrogen and oxygen atoms in total. The highest BCUT2D eigenvalue weighted by molar-refractivity contribution is 7.88. The molecule has 0 N–H and O–H groups in total. The van der Waals surface area contributed by atoms with E-state index in [2.05, 4.69) is 0 Å². The third-order valence-corrected chi connectivity index (χ3v) is 9.07. The summed E-state index contributed by atoms with van der Waals surface area (Å²) in [7, 11) is -8.84. The van der Waals surface area contributed by atoms with Crippen LogP contribution in [-0.4, -0.2) is 22.2 Å². The second-order valence-corrected chi connectivity index (χ2v) is 12.3. The van der Waals surface area contributed by atoms with Crippen LogP contribution in [0.3, 0.4) is 0 Å². The van der Waals surface area contributed by atoms with E-state index in [9.17, 15) is 21.6 Å². The molecule has 128 valence electrons. The number of benzene rings is 1. The van der Waals surface area contributed by atoms with E-state index in [-0.39, 0.29) is 5.92 Å². The Morgan fingerprint density at radius 3 is 2.26 bits per heavy atom. The Kier molecular flexibility index (Phi) is 4.55. The summed E-state index contributed by atoms with van der Waals surface area (Å²) in [5.41, 5.74) is -3.03. The van der Waals surface area contributed by atoms with Crippen molar-refractivity contribution in [2.75, 3.05) is 0 Å². The van der Waals surface area contributed by atoms with Crippen molar-refractivity contribution >= 4 is 24.0 Å². The van der Waals surface area contributed by atoms with Gasteiger partial charge in [-0.1, -0.05) is 44.2 Å². The largest absolute Gasteiger partial charge is 0.522 e. The maximum absolute atomic E-state index is 12.6. The summed E-state index contributed by atoms with van der Waals surface area (Å²) in [5, 5.41) is 0. The predicted octanol–water partition coefficient (Wildman–Crippen LogP) is 4.43. The fourth-order valence-electron chi connectivity index (χ4n) is 2.85. The van der Waals surface area contributed by atoms with Crippen molar-refractivity contribution in [2.24, 2.45) is 5.92 Å². The van der Waals surface area contributed by atoms with Crippen LogP contribution in [0.15, 0.2) is 30.3 Å². The molecule has 0 radical (unpaired) electrons. The summed E-state index contributed by atoms with van der Waals surface area (Å²) in [6.45, 7) is 6.98. The molecule has 0 amide bonds. The van der Waals surface area contributed by atoms with Gasteiger partial charge >= 0.3 is 15.6 Å². The lowest BCUT2D eigenvalue weighted by molar-refractivity contribution is -0.0504. The fraction of sp³-hybridized carbons (Fsp3) is 0.467. The maximum Gasteiger partial charge on any atom is 0.522 e. The minimum Gasteiger partial charge on any atom is -0.307 e. The molecular formula is C15H19F3O3SSi. The van der Waals surface area contributed by atoms with E-state index in [0.717, 1.165) is 16.7 Å². The van der Waals surface area contributed by atoms with Crippen LogP contribution >= 0.6 is 0 Å². The molecule has 0 spiro atoms. The van der Waals surface area contributed by atoms with Crippen LogP contribution in [0.5, 0.6) is 0 Å². The van der Waals surface area contributed by atoms with E-state index < -0.39 is 29.5 Å². The molecule has 0 saturated carbocycles. The molecule has 1 aromatic carbocycles. The third kappa shape index (κ3) is 3.39. The number of hydrogen-bond donors (Lipinski definition) is 0. The number of rotatable bonds is 4. The van der Waals surface area contributed by atoms with Crippen LogP contribution in [0.1, 0.15) is 30.5 Å². The van der Waals surface area contributed by atoms with Crippen molar-refractivity contribution < 1.29 is 25.5 Å². The lowest BCUT2D eigenvalue weighted by Gasteiger charge is -2.28. The molecule has 1 unspecified atom stereocenters. The van der Waals surface area contributed by atoms with Crippen molar-refractivity contribution in [1.82, 2.24) is 0 Å². The first-order valence-electron chi connectivity index (χ1n) is 7.20. The Bertz CT molecular complexity index is 737. The molecule has 1 aliphatic carbocycles. The fourth-order valence-corrected chi connectivity index (χ4v) is 7.49. The quantitative estimate of drug-likeness (QED) is 0.586. The Morgan fingerprint density at radius 1 is 1.17 bits per heavy atom. The maximum atomic E-state index is 12.6. The van der Waals surface area contributed by atoms with Crippen LogP contribution in [0.2, 0.25) is 13.1 Å². The van der Waals surface area contributed by atoms with Crippen molar-refractivity contribution in [1.29, 1.82) is 0 Å². The average molecular weight is 364 g/mol. The van der Waals surface area contributed by atoms with Crippen LogP contribution in [0.25, 0.3) is 5.57 Å². The Hall–Kier alpha value is -1.12. The highest BCUT2D eigenvalue weighted by atomic mass is 32.2. The van der Waals surface area contributed by atoms with Crippen LogP contribution < -0.4 is 0 Å². The highest BCUT2D eigenvalue weighted by Gasteiger charge is 2.52. The molecule has 1 aliphatic rings. The lowest BCUT2D eigenvalue weighted by Crippen LogP contribution is -2.43. The van der Waals surface area contributed by atoms with Crippen LogP contribution in [-0.2, 0) is 14.0 Å². The summed E-state index contributed by atoms with van der Waals surface area (Å²) >= 11 is 0. The Balaban J connectivity index is 2.45. The van der Waals surface area contributed by atoms with Gasteiger partial charge in [-0.3, -0.25) is 0 Å². The standard InChI is InChI=1S/C15H19F3O3SSi/c1-10(2)13-9-14(12-8-6-5-7-11(12)13)23(3,4)21-22(19,20)15(16,17)18/h5-10,14H,1-4H3. The molecule has 23 heavy (non-hydrogen) atoms. The van der Waals surface area contributed by atoms with E-state index in [4.69, 9.17) is 3.87 Å². The average Bonchev–Trinajstić information content (AvgIpc) is 2.76. The van der Waals surface area contributed by atoms with Gasteiger partial charge in [-0.05, 0) is 35.7 Å². The molecule has 0 heterocycles. The van der Waals surface area contributed by atoms with Gasteiger partial charge in [-0.2, -0.15) is 21.6 Å². The van der Waals surface area contributed by atoms with E-state index >= 15 is 0 Å². The molecule has 0 fully saturated rings. The second-order valence-electron chi connectivity index (χ2n) is 6.43. The normalized spacial score (nSPS) is 19.0. The molecule has 8 heteroatoms. The summed E-state index contributed by atoms with van der Waals surface area (Å²) in [4.78, 5) is 0. The topological polar surface area (TPSA) is 43.4 Å². The van der Waals surface area contributed by atoms with E-state index in [1.54, 1.807) is 6.07 Å². The molecule has 0 aromatic heterocycles. The zero-order valence-corrected chi connectivity index (χ0v) is 15.1. The summed E-state index contributed by atoms with van der Waals surface area (Å²) in [6.07, 6.45) is 1.87. The number of hydrogen-bond acceptors (Lipinski definition) is 3. The minimum atomic E-state index is -5.60. The summed E-state index contributed by atoms with van der Waals surface area (Å²) < 4.78 is 65.5. The van der Waals surface area contributed by atoms with Gasteiger partial charge in [0, 0.05) is 5.54 Å². The predicted molar refractivity (Wildman–Crippen MR) is 85.5 cm³/mol. The Labute approximate surface area is 135 Å². The molecule has 2 rings (SSSR count). The molecule has 1 aromatic rings. The van der Waals surface area contributed by atoms with Crippen molar-refractivity contribution in [2.45, 2.75) is 38.0 Å². The van der Waals surface area contributed by atoms with Crippen LogP contribution in [0, 0.1) is 5.92 Å². The van der Waals surface area contributed by atoms with Gasteiger partial charge < -0.3 is 3.87 Å². The van der Waals surface area contributed by atoms with E-state index in [0.29, 0.717) is 0 Å². The van der Waals surface area contributed by atoms with Crippen molar-refractivity contribution in [3.05, 3.63) is 41.5 Å². The number of halogens is 3. The van der Waals surface area contributed by atoms with Gasteiger partial charge in [0.2, 0.25) is 8.32 Å². The molecule has 0 saturated heterocycles. The zero-order chi connectivity index (χ0) is 17.6. The van der Waals surface area contributed by atoms with Gasteiger partial charge in [-0.15, -0.1) is 0 Å². The molecular weight excluding hydrogens is 345 g/mol. The smallest absolute Gasteiger partial charge is 0.307 e. The van der Waals surface area contributed by atoms with Gasteiger partial charge in [-0.25, -0.2) is 0 Å². The van der Waals surface area contributed by atoms with Gasteiger partial charge in [0.25, 0.3) is 0 Å². The third-order valence-electron chi connectivity index (χ3n) is 3.93. The van der Waals surface area contributed by atoms with Crippen molar-refractivity contribution in [3.8, 4) is 0 Å². The van der Waals surface area contributed by atoms with Crippen LogP contribution in [0.4, 0.5) is 13.2 Å². The second kappa shape index (κ2) is 5.75. The van der Waals surface area contributed by atoms with Gasteiger partial charge in [0.1, 0.15) is 0 Å². The number of alkyl halides is 3. The first-order chi connectivity index (χ1) is 10.4. The summed E-state index contributed by atoms with van der Waals surface area (Å²) in [5.74, 6) is 0.185. The monoisotopic (exact) mass is 364 g/mol. The highest BCUT2D eigenvalue weighted by Crippen LogP contribution is 2.45. The molecule has 1 atom stereocenters. The van der Waals surface area contributed by atoms with E-state index in [1.165, 1.54) is 13.1 Å². The van der Waals surface area contributed by atoms with E-state index in [1.807, 2.05) is 38.1 Å². The minimum absolute atomic E-state index is 0.185. The zero-order valence-electron chi connectivity index (χ0n) is 13.3. The SMILES string of the molecule is CC(C)C1=CC([Si](C)(C)OS(=O)(=O)C(F)(F)F)c2ccccc21. The molecule has 0 bridgehead atoms. The number of fused-ring (bicyclic) bond motifs is 1. The number of allylic oxidation sites excluding steroid dienone is 2. The van der Waals surface area contributed by atoms with Crippen molar-refractivity contribution in [3.63, 3.8) is 0 Å². The first-order valence-corrected chi connectivity index (χ1v) is 11.6. The van der Waals surface area contributed by atoms with Gasteiger partial charge in [0.15, 0.2) is 0 Å². The van der Waals surface area contributed by atoms with Gasteiger partial charge in [0.05, 0.1) is 0 Å². The first kappa shape index (κ1) is 18.2. The lowest BCUT2D eigenvalue weighted by atomic mass is 9.97.